The number of hydrogen-bond acceptors (Lipinski definition) is 7. The number of ketones is 1. The Labute approximate surface area is 202 Å². The molecule has 12 heteroatoms. The number of aromatic amines is 1. The number of rotatable bonds is 6. The van der Waals surface area contributed by atoms with Gasteiger partial charge in [-0.15, -0.1) is 0 Å². The first-order chi connectivity index (χ1) is 17.2. The van der Waals surface area contributed by atoms with Crippen LogP contribution in [0.2, 0.25) is 0 Å². The summed E-state index contributed by atoms with van der Waals surface area (Å²) in [5, 5.41) is 6.65. The van der Waals surface area contributed by atoms with E-state index < -0.39 is 11.7 Å². The molecule has 0 unspecified atom stereocenters. The van der Waals surface area contributed by atoms with Crippen molar-refractivity contribution >= 4 is 17.5 Å². The van der Waals surface area contributed by atoms with Gasteiger partial charge in [-0.05, 0) is 18.6 Å². The lowest BCUT2D eigenvalue weighted by molar-refractivity contribution is -0.137. The molecule has 1 aromatic carbocycles. The van der Waals surface area contributed by atoms with Crippen LogP contribution in [0.25, 0.3) is 22.8 Å². The summed E-state index contributed by atoms with van der Waals surface area (Å²) < 4.78 is 44.5. The number of carbonyl (C=O) groups is 2. The first kappa shape index (κ1) is 23.4. The Morgan fingerprint density at radius 2 is 2.00 bits per heavy atom. The van der Waals surface area contributed by atoms with Crippen LogP contribution in [0.5, 0.6) is 0 Å². The fourth-order valence-corrected chi connectivity index (χ4v) is 4.00. The lowest BCUT2D eigenvalue weighted by Gasteiger charge is -2.17. The standard InChI is InChI=1S/C24H19F3N6O3/c1-12(7-18(34)21-15-5-6-20(35)32-22(15)30-11-29-21)19-9-16(33-36-19)23-28-10-17(31-23)13-3-2-4-14(8-13)24(25,26)27/h2-4,8-12H,5-7H2,1H3,(H,28,31)(H,29,30,32,35)/t12-/m0/s1. The van der Waals surface area contributed by atoms with E-state index in [4.69, 9.17) is 4.52 Å². The highest BCUT2D eigenvalue weighted by Crippen LogP contribution is 2.33. The number of benzene rings is 1. The number of Topliss-reactive ketones (excluding diaryl/α,β-unsaturated/α-hetero) is 1. The third-order valence-electron chi connectivity index (χ3n) is 5.89. The van der Waals surface area contributed by atoms with Crippen LogP contribution in [-0.4, -0.2) is 36.8 Å². The lowest BCUT2D eigenvalue weighted by Crippen LogP contribution is -2.23. The molecule has 1 atom stereocenters. The Balaban J connectivity index is 1.31. The monoisotopic (exact) mass is 496 g/mol. The zero-order valence-corrected chi connectivity index (χ0v) is 18.9. The van der Waals surface area contributed by atoms with Gasteiger partial charge in [0.05, 0.1) is 17.5 Å². The topological polar surface area (TPSA) is 127 Å². The van der Waals surface area contributed by atoms with Crippen LogP contribution in [0, 0.1) is 0 Å². The fourth-order valence-electron chi connectivity index (χ4n) is 4.00. The van der Waals surface area contributed by atoms with Crippen molar-refractivity contribution in [2.75, 3.05) is 5.32 Å². The van der Waals surface area contributed by atoms with E-state index in [-0.39, 0.29) is 36.1 Å². The minimum absolute atomic E-state index is 0.0830. The summed E-state index contributed by atoms with van der Waals surface area (Å²) in [4.78, 5) is 39.9. The number of H-pyrrole nitrogens is 1. The third kappa shape index (κ3) is 4.61. The highest BCUT2D eigenvalue weighted by molar-refractivity contribution is 6.00. The van der Waals surface area contributed by atoms with Crippen LogP contribution in [0.15, 0.2) is 47.4 Å². The zero-order chi connectivity index (χ0) is 25.4. The van der Waals surface area contributed by atoms with E-state index >= 15 is 0 Å². The number of hydrogen-bond donors (Lipinski definition) is 2. The molecule has 9 nitrogen and oxygen atoms in total. The number of halogens is 3. The van der Waals surface area contributed by atoms with Gasteiger partial charge in [0, 0.05) is 36.0 Å². The van der Waals surface area contributed by atoms with Crippen LogP contribution in [0.4, 0.5) is 19.0 Å². The number of amides is 1. The Bertz CT molecular complexity index is 1460. The van der Waals surface area contributed by atoms with Crippen molar-refractivity contribution in [2.45, 2.75) is 38.3 Å². The van der Waals surface area contributed by atoms with Gasteiger partial charge in [0.25, 0.3) is 0 Å². The van der Waals surface area contributed by atoms with Gasteiger partial charge >= 0.3 is 6.18 Å². The number of carbonyl (C=O) groups excluding carboxylic acids is 2. The number of fused-ring (bicyclic) bond motifs is 1. The summed E-state index contributed by atoms with van der Waals surface area (Å²) in [5.74, 6) is 0.383. The SMILES string of the molecule is C[C@@H](CC(=O)c1ncnc2c1CCC(=O)N2)c1cc(-c2ncc(-c3cccc(C(F)(F)F)c3)[nH]2)no1. The molecule has 1 amide bonds. The van der Waals surface area contributed by atoms with Gasteiger partial charge < -0.3 is 14.8 Å². The van der Waals surface area contributed by atoms with Crippen molar-refractivity contribution in [3.05, 3.63) is 65.4 Å². The molecule has 0 bridgehead atoms. The Kier molecular flexibility index (Phi) is 5.86. The molecule has 0 saturated heterocycles. The molecule has 4 heterocycles. The lowest BCUT2D eigenvalue weighted by atomic mass is 9.95. The number of nitrogens with zero attached hydrogens (tertiary/aromatic N) is 4. The fraction of sp³-hybridized carbons (Fsp3) is 0.250. The number of aromatic nitrogens is 5. The number of anilines is 1. The average Bonchev–Trinajstić information content (AvgIpc) is 3.53. The summed E-state index contributed by atoms with van der Waals surface area (Å²) >= 11 is 0. The zero-order valence-electron chi connectivity index (χ0n) is 18.9. The van der Waals surface area contributed by atoms with Crippen molar-refractivity contribution in [3.8, 4) is 22.8 Å². The van der Waals surface area contributed by atoms with Crippen molar-refractivity contribution in [3.63, 3.8) is 0 Å². The summed E-state index contributed by atoms with van der Waals surface area (Å²) in [5.41, 5.74) is 1.20. The van der Waals surface area contributed by atoms with Crippen LogP contribution >= 0.6 is 0 Å². The Morgan fingerprint density at radius 1 is 1.17 bits per heavy atom. The average molecular weight is 496 g/mol. The first-order valence-corrected chi connectivity index (χ1v) is 11.1. The predicted octanol–water partition coefficient (Wildman–Crippen LogP) is 4.80. The van der Waals surface area contributed by atoms with Gasteiger partial charge in [-0.25, -0.2) is 15.0 Å². The van der Waals surface area contributed by atoms with E-state index in [9.17, 15) is 22.8 Å². The highest BCUT2D eigenvalue weighted by Gasteiger charge is 2.30. The summed E-state index contributed by atoms with van der Waals surface area (Å²) in [6, 6.07) is 6.54. The van der Waals surface area contributed by atoms with Crippen molar-refractivity contribution < 1.29 is 27.3 Å². The van der Waals surface area contributed by atoms with Gasteiger partial charge in [-0.1, -0.05) is 24.2 Å². The van der Waals surface area contributed by atoms with E-state index in [0.29, 0.717) is 46.3 Å². The minimum Gasteiger partial charge on any atom is -0.360 e. The second-order valence-electron chi connectivity index (χ2n) is 8.46. The smallest absolute Gasteiger partial charge is 0.360 e. The molecular formula is C24H19F3N6O3. The second-order valence-corrected chi connectivity index (χ2v) is 8.46. The van der Waals surface area contributed by atoms with E-state index in [1.165, 1.54) is 18.6 Å². The highest BCUT2D eigenvalue weighted by atomic mass is 19.4. The maximum atomic E-state index is 13.0. The number of nitrogens with one attached hydrogen (secondary N) is 2. The largest absolute Gasteiger partial charge is 0.416 e. The van der Waals surface area contributed by atoms with Crippen LogP contribution < -0.4 is 5.32 Å². The van der Waals surface area contributed by atoms with Crippen LogP contribution in [-0.2, 0) is 17.4 Å². The first-order valence-electron chi connectivity index (χ1n) is 11.1. The maximum absolute atomic E-state index is 13.0. The van der Waals surface area contributed by atoms with Gasteiger partial charge in [-0.2, -0.15) is 13.2 Å². The van der Waals surface area contributed by atoms with Gasteiger partial charge in [-0.3, -0.25) is 9.59 Å². The molecule has 1 aliphatic rings. The van der Waals surface area contributed by atoms with Crippen molar-refractivity contribution in [1.82, 2.24) is 25.1 Å². The predicted molar refractivity (Wildman–Crippen MR) is 121 cm³/mol. The van der Waals surface area contributed by atoms with E-state index in [1.54, 1.807) is 19.1 Å². The molecule has 36 heavy (non-hydrogen) atoms. The molecule has 184 valence electrons. The summed E-state index contributed by atoms with van der Waals surface area (Å²) in [6.07, 6.45) is -1.06. The van der Waals surface area contributed by atoms with Crippen molar-refractivity contribution in [1.29, 1.82) is 0 Å². The number of imidazole rings is 1. The molecule has 2 N–H and O–H groups in total. The molecule has 0 saturated carbocycles. The molecule has 0 spiro atoms. The summed E-state index contributed by atoms with van der Waals surface area (Å²) in [6.45, 7) is 1.80. The molecule has 0 fully saturated rings. The second kappa shape index (κ2) is 9.02. The maximum Gasteiger partial charge on any atom is 0.416 e. The van der Waals surface area contributed by atoms with Crippen LogP contribution in [0.3, 0.4) is 0 Å². The molecule has 0 radical (unpaired) electrons. The Hall–Kier alpha value is -4.35. The molecule has 4 aromatic rings. The van der Waals surface area contributed by atoms with E-state index in [1.807, 2.05) is 0 Å². The van der Waals surface area contributed by atoms with Gasteiger partial charge in [0.15, 0.2) is 11.6 Å². The third-order valence-corrected chi connectivity index (χ3v) is 5.89. The normalized spacial score (nSPS) is 14.3. The van der Waals surface area contributed by atoms with Crippen LogP contribution in [0.1, 0.15) is 53.1 Å². The quantitative estimate of drug-likeness (QED) is 0.367. The van der Waals surface area contributed by atoms with Gasteiger partial charge in [0.2, 0.25) is 5.91 Å². The van der Waals surface area contributed by atoms with Gasteiger partial charge in [0.1, 0.15) is 29.3 Å². The number of alkyl halides is 3. The molecular weight excluding hydrogens is 477 g/mol. The molecule has 3 aromatic heterocycles. The molecule has 1 aliphatic heterocycles. The Morgan fingerprint density at radius 3 is 2.81 bits per heavy atom. The van der Waals surface area contributed by atoms with Crippen molar-refractivity contribution in [2.24, 2.45) is 0 Å². The molecule has 0 aliphatic carbocycles. The molecule has 5 rings (SSSR count). The minimum atomic E-state index is -4.45. The van der Waals surface area contributed by atoms with E-state index in [2.05, 4.69) is 30.4 Å². The van der Waals surface area contributed by atoms with E-state index in [0.717, 1.165) is 12.1 Å². The summed E-state index contributed by atoms with van der Waals surface area (Å²) in [7, 11) is 0.